The first-order valence-electron chi connectivity index (χ1n) is 10.3. The fourth-order valence-corrected chi connectivity index (χ4v) is 3.42. The number of amides is 1. The highest BCUT2D eigenvalue weighted by molar-refractivity contribution is 6.34. The molecule has 182 valence electrons. The molecule has 3 rings (SSSR count). The highest BCUT2D eigenvalue weighted by Gasteiger charge is 2.17. The molecule has 0 heterocycles. The summed E-state index contributed by atoms with van der Waals surface area (Å²) in [5.41, 5.74) is 2.13. The van der Waals surface area contributed by atoms with Gasteiger partial charge in [-0.1, -0.05) is 41.4 Å². The summed E-state index contributed by atoms with van der Waals surface area (Å²) < 4.78 is 21.2. The molecule has 0 aliphatic carbocycles. The van der Waals surface area contributed by atoms with Crippen molar-refractivity contribution in [2.45, 2.75) is 6.61 Å². The molecular formula is C26H23Cl2NO6. The van der Waals surface area contributed by atoms with Crippen LogP contribution in [0, 0.1) is 0 Å². The zero-order chi connectivity index (χ0) is 25.4. The van der Waals surface area contributed by atoms with Gasteiger partial charge >= 0.3 is 5.97 Å². The van der Waals surface area contributed by atoms with Crippen LogP contribution in [0.25, 0.3) is 6.08 Å². The van der Waals surface area contributed by atoms with Gasteiger partial charge in [-0.2, -0.15) is 0 Å². The smallest absolute Gasteiger partial charge is 0.341 e. The largest absolute Gasteiger partial charge is 0.496 e. The molecule has 9 heteroatoms. The normalized spacial score (nSPS) is 10.7. The predicted molar refractivity (Wildman–Crippen MR) is 136 cm³/mol. The van der Waals surface area contributed by atoms with E-state index in [0.29, 0.717) is 23.1 Å². The van der Waals surface area contributed by atoms with Gasteiger partial charge in [-0.15, -0.1) is 0 Å². The van der Waals surface area contributed by atoms with E-state index in [1.165, 1.54) is 39.5 Å². The standard InChI is InChI=1S/C26H23Cl2NO6/c1-32-23-14-21(20(28)13-19(23)26(31)34-3)29-25(30)11-7-16-6-10-22(24(12-16)33-2)35-15-17-4-8-18(27)9-5-17/h4-14H,15H2,1-3H3,(H,29,30). The number of nitrogens with one attached hydrogen (secondary N) is 1. The average molecular weight is 516 g/mol. The number of rotatable bonds is 9. The highest BCUT2D eigenvalue weighted by Crippen LogP contribution is 2.32. The number of ether oxygens (including phenoxy) is 4. The summed E-state index contributed by atoms with van der Waals surface area (Å²) in [7, 11) is 4.19. The van der Waals surface area contributed by atoms with Crippen LogP contribution in [0.15, 0.2) is 60.7 Å². The maximum atomic E-state index is 12.5. The topological polar surface area (TPSA) is 83.1 Å². The molecule has 0 saturated carbocycles. The SMILES string of the molecule is COC(=O)c1cc(Cl)c(NC(=O)C=Cc2ccc(OCc3ccc(Cl)cc3)c(OC)c2)cc1OC. The molecular weight excluding hydrogens is 493 g/mol. The Hall–Kier alpha value is -3.68. The van der Waals surface area contributed by atoms with Crippen molar-refractivity contribution in [3.8, 4) is 17.2 Å². The maximum absolute atomic E-state index is 12.5. The summed E-state index contributed by atoms with van der Waals surface area (Å²) >= 11 is 12.1. The van der Waals surface area contributed by atoms with Gasteiger partial charge in [0.2, 0.25) is 5.91 Å². The van der Waals surface area contributed by atoms with E-state index in [9.17, 15) is 9.59 Å². The van der Waals surface area contributed by atoms with Gasteiger partial charge in [-0.3, -0.25) is 4.79 Å². The molecule has 0 aromatic heterocycles. The Kier molecular flexibility index (Phi) is 9.00. The predicted octanol–water partition coefficient (Wildman–Crippen LogP) is 6.03. The second-order valence-corrected chi connectivity index (χ2v) is 8.02. The number of hydrogen-bond donors (Lipinski definition) is 1. The third kappa shape index (κ3) is 6.91. The molecule has 0 fully saturated rings. The van der Waals surface area contributed by atoms with Crippen LogP contribution in [0.1, 0.15) is 21.5 Å². The lowest BCUT2D eigenvalue weighted by atomic mass is 10.1. The molecule has 0 radical (unpaired) electrons. The number of anilines is 1. The molecule has 0 spiro atoms. The Labute approximate surface area is 213 Å². The summed E-state index contributed by atoms with van der Waals surface area (Å²) in [5, 5.41) is 3.49. The van der Waals surface area contributed by atoms with Gasteiger partial charge in [-0.05, 0) is 47.5 Å². The molecule has 0 unspecified atom stereocenters. The number of esters is 1. The van der Waals surface area contributed by atoms with Crippen LogP contribution in [0.3, 0.4) is 0 Å². The Morgan fingerprint density at radius 3 is 2.26 bits per heavy atom. The first-order chi connectivity index (χ1) is 16.8. The summed E-state index contributed by atoms with van der Waals surface area (Å²) in [6, 6.07) is 15.5. The van der Waals surface area contributed by atoms with Gasteiger partial charge < -0.3 is 24.3 Å². The molecule has 0 atom stereocenters. The van der Waals surface area contributed by atoms with Gasteiger partial charge in [0.1, 0.15) is 17.9 Å². The number of carbonyl (C=O) groups excluding carboxylic acids is 2. The van der Waals surface area contributed by atoms with Crippen LogP contribution in [-0.4, -0.2) is 33.2 Å². The zero-order valence-corrected chi connectivity index (χ0v) is 20.8. The molecule has 1 amide bonds. The van der Waals surface area contributed by atoms with E-state index < -0.39 is 11.9 Å². The van der Waals surface area contributed by atoms with Gasteiger partial charge in [0.05, 0.1) is 32.0 Å². The number of halogens is 2. The lowest BCUT2D eigenvalue weighted by molar-refractivity contribution is -0.111. The van der Waals surface area contributed by atoms with E-state index in [-0.39, 0.29) is 22.0 Å². The summed E-state index contributed by atoms with van der Waals surface area (Å²) in [5.74, 6) is 0.277. The molecule has 1 N–H and O–H groups in total. The van der Waals surface area contributed by atoms with Crippen molar-refractivity contribution >= 4 is 46.8 Å². The number of methoxy groups -OCH3 is 3. The van der Waals surface area contributed by atoms with Crippen LogP contribution in [-0.2, 0) is 16.1 Å². The van der Waals surface area contributed by atoms with Crippen LogP contribution < -0.4 is 19.5 Å². The minimum absolute atomic E-state index is 0.152. The monoisotopic (exact) mass is 515 g/mol. The van der Waals surface area contributed by atoms with Crippen molar-refractivity contribution in [3.05, 3.63) is 87.4 Å². The van der Waals surface area contributed by atoms with E-state index in [1.807, 2.05) is 12.1 Å². The quantitative estimate of drug-likeness (QED) is 0.276. The van der Waals surface area contributed by atoms with E-state index in [0.717, 1.165) is 11.1 Å². The summed E-state index contributed by atoms with van der Waals surface area (Å²) in [6.45, 7) is 0.351. The summed E-state index contributed by atoms with van der Waals surface area (Å²) in [6.07, 6.45) is 2.97. The second kappa shape index (κ2) is 12.1. The third-order valence-electron chi connectivity index (χ3n) is 4.87. The first-order valence-corrected chi connectivity index (χ1v) is 11.1. The second-order valence-electron chi connectivity index (χ2n) is 7.17. The van der Waals surface area contributed by atoms with Crippen molar-refractivity contribution in [2.24, 2.45) is 0 Å². The molecule has 0 aliphatic heterocycles. The van der Waals surface area contributed by atoms with Crippen LogP contribution in [0.4, 0.5) is 5.69 Å². The fraction of sp³-hybridized carbons (Fsp3) is 0.154. The number of carbonyl (C=O) groups is 2. The number of hydrogen-bond acceptors (Lipinski definition) is 6. The lowest BCUT2D eigenvalue weighted by Gasteiger charge is -2.12. The Balaban J connectivity index is 1.68. The fourth-order valence-electron chi connectivity index (χ4n) is 3.08. The van der Waals surface area contributed by atoms with Gasteiger partial charge in [0.15, 0.2) is 11.5 Å². The van der Waals surface area contributed by atoms with E-state index in [2.05, 4.69) is 5.32 Å². The van der Waals surface area contributed by atoms with Gasteiger partial charge in [0, 0.05) is 17.2 Å². The summed E-state index contributed by atoms with van der Waals surface area (Å²) in [4.78, 5) is 24.3. The Morgan fingerprint density at radius 2 is 1.60 bits per heavy atom. The van der Waals surface area contributed by atoms with Gasteiger partial charge in [-0.25, -0.2) is 4.79 Å². The number of benzene rings is 3. The molecule has 0 aliphatic rings. The van der Waals surface area contributed by atoms with Gasteiger partial charge in [0.25, 0.3) is 0 Å². The molecule has 3 aromatic carbocycles. The van der Waals surface area contributed by atoms with Crippen molar-refractivity contribution in [1.82, 2.24) is 0 Å². The average Bonchev–Trinajstić information content (AvgIpc) is 2.87. The van der Waals surface area contributed by atoms with Crippen LogP contribution >= 0.6 is 23.2 Å². The molecule has 3 aromatic rings. The Bertz CT molecular complexity index is 1240. The van der Waals surface area contributed by atoms with Crippen molar-refractivity contribution in [2.75, 3.05) is 26.6 Å². The van der Waals surface area contributed by atoms with Crippen LogP contribution in [0.5, 0.6) is 17.2 Å². The molecule has 35 heavy (non-hydrogen) atoms. The van der Waals surface area contributed by atoms with Crippen molar-refractivity contribution in [1.29, 1.82) is 0 Å². The zero-order valence-electron chi connectivity index (χ0n) is 19.3. The lowest BCUT2D eigenvalue weighted by Crippen LogP contribution is -2.10. The highest BCUT2D eigenvalue weighted by atomic mass is 35.5. The minimum Gasteiger partial charge on any atom is -0.496 e. The molecule has 7 nitrogen and oxygen atoms in total. The molecule has 0 bridgehead atoms. The van der Waals surface area contributed by atoms with E-state index in [4.69, 9.17) is 42.1 Å². The third-order valence-corrected chi connectivity index (χ3v) is 5.44. The Morgan fingerprint density at radius 1 is 0.886 bits per heavy atom. The van der Waals surface area contributed by atoms with Crippen molar-refractivity contribution in [3.63, 3.8) is 0 Å². The van der Waals surface area contributed by atoms with E-state index >= 15 is 0 Å². The van der Waals surface area contributed by atoms with E-state index in [1.54, 1.807) is 36.4 Å². The van der Waals surface area contributed by atoms with Crippen molar-refractivity contribution < 1.29 is 28.5 Å². The maximum Gasteiger partial charge on any atom is 0.341 e. The first kappa shape index (κ1) is 25.9. The molecule has 0 saturated heterocycles. The van der Waals surface area contributed by atoms with Crippen LogP contribution in [0.2, 0.25) is 10.0 Å². The minimum atomic E-state index is -0.601.